The number of carbonyl (C=O) groups excluding carboxylic acids is 1. The molecule has 0 spiro atoms. The fourth-order valence-electron chi connectivity index (χ4n) is 2.70. The van der Waals surface area contributed by atoms with Crippen molar-refractivity contribution >= 4 is 23.1 Å². The van der Waals surface area contributed by atoms with Crippen LogP contribution in [0.1, 0.15) is 23.5 Å². The van der Waals surface area contributed by atoms with Crippen molar-refractivity contribution in [2.24, 2.45) is 0 Å². The van der Waals surface area contributed by atoms with Crippen LogP contribution in [-0.4, -0.2) is 25.7 Å². The molecule has 3 rings (SSSR count). The minimum Gasteiger partial charge on any atom is -0.309 e. The monoisotopic (exact) mass is 357 g/mol. The van der Waals surface area contributed by atoms with Crippen molar-refractivity contribution in [3.8, 4) is 10.4 Å². The molecule has 0 bridgehead atoms. The lowest BCUT2D eigenvalue weighted by Crippen LogP contribution is -2.27. The number of hydrogen-bond donors (Lipinski definition) is 2. The van der Waals surface area contributed by atoms with E-state index >= 15 is 0 Å². The van der Waals surface area contributed by atoms with Crippen LogP contribution in [0.4, 0.5) is 5.82 Å². The molecule has 3 aromatic rings. The second kappa shape index (κ2) is 7.02. The zero-order valence-corrected chi connectivity index (χ0v) is 15.1. The lowest BCUT2D eigenvalue weighted by Gasteiger charge is -2.09. The highest BCUT2D eigenvalue weighted by Gasteiger charge is 2.16. The molecule has 3 aromatic heterocycles. The fourth-order valence-corrected chi connectivity index (χ4v) is 3.52. The number of thiophene rings is 1. The quantitative estimate of drug-likeness (QED) is 0.734. The van der Waals surface area contributed by atoms with Crippen LogP contribution in [0.25, 0.3) is 10.4 Å². The van der Waals surface area contributed by atoms with E-state index in [-0.39, 0.29) is 24.6 Å². The molecule has 0 atom stereocenters. The van der Waals surface area contributed by atoms with Crippen molar-refractivity contribution in [1.29, 1.82) is 0 Å². The summed E-state index contributed by atoms with van der Waals surface area (Å²) in [5.41, 5.74) is 2.93. The van der Waals surface area contributed by atoms with E-state index in [0.717, 1.165) is 21.8 Å². The Morgan fingerprint density at radius 2 is 2.16 bits per heavy atom. The molecule has 0 aromatic carbocycles. The predicted octanol–water partition coefficient (Wildman–Crippen LogP) is 2.65. The van der Waals surface area contributed by atoms with Crippen LogP contribution < -0.4 is 11.0 Å². The van der Waals surface area contributed by atoms with Crippen molar-refractivity contribution < 1.29 is 4.79 Å². The molecule has 0 aliphatic heterocycles. The number of aryl methyl sites for hydroxylation is 3. The van der Waals surface area contributed by atoms with Crippen LogP contribution >= 0.6 is 11.3 Å². The van der Waals surface area contributed by atoms with Gasteiger partial charge in [-0.1, -0.05) is 6.07 Å². The minimum absolute atomic E-state index is 0.168. The maximum absolute atomic E-state index is 12.3. The van der Waals surface area contributed by atoms with Crippen molar-refractivity contribution in [3.63, 3.8) is 0 Å². The molecular weight excluding hydrogens is 338 g/mol. The van der Waals surface area contributed by atoms with Gasteiger partial charge in [0.2, 0.25) is 5.91 Å². The number of rotatable bonds is 5. The third-order valence-corrected chi connectivity index (χ3v) is 4.77. The maximum Gasteiger partial charge on any atom is 0.347 e. The van der Waals surface area contributed by atoms with E-state index in [9.17, 15) is 9.59 Å². The highest BCUT2D eigenvalue weighted by atomic mass is 32.1. The average molecular weight is 357 g/mol. The molecular formula is C17H19N5O2S. The lowest BCUT2D eigenvalue weighted by molar-refractivity contribution is -0.116. The van der Waals surface area contributed by atoms with Crippen molar-refractivity contribution in [2.45, 2.75) is 33.7 Å². The largest absolute Gasteiger partial charge is 0.347 e. The van der Waals surface area contributed by atoms with Gasteiger partial charge in [-0.3, -0.25) is 14.5 Å². The first-order chi connectivity index (χ1) is 12.0. The molecule has 0 fully saturated rings. The zero-order valence-electron chi connectivity index (χ0n) is 14.3. The fraction of sp³-hybridized carbons (Fsp3) is 0.294. The number of nitrogens with zero attached hydrogens (tertiary/aromatic N) is 3. The number of amides is 1. The van der Waals surface area contributed by atoms with Crippen molar-refractivity contribution in [1.82, 2.24) is 19.7 Å². The summed E-state index contributed by atoms with van der Waals surface area (Å²) in [5, 5.41) is 11.9. The first-order valence-corrected chi connectivity index (χ1v) is 8.77. The van der Waals surface area contributed by atoms with Crippen molar-refractivity contribution in [3.05, 3.63) is 51.1 Å². The van der Waals surface area contributed by atoms with Gasteiger partial charge in [0.25, 0.3) is 0 Å². The van der Waals surface area contributed by atoms with Gasteiger partial charge in [-0.2, -0.15) is 10.1 Å². The van der Waals surface area contributed by atoms with Gasteiger partial charge in [0.05, 0.1) is 5.56 Å². The van der Waals surface area contributed by atoms with Gasteiger partial charge in [0.1, 0.15) is 0 Å². The van der Waals surface area contributed by atoms with Gasteiger partial charge >= 0.3 is 5.69 Å². The van der Waals surface area contributed by atoms with Crippen LogP contribution in [0.2, 0.25) is 0 Å². The highest BCUT2D eigenvalue weighted by Crippen LogP contribution is 2.32. The highest BCUT2D eigenvalue weighted by molar-refractivity contribution is 7.13. The Bertz CT molecular complexity index is 956. The van der Waals surface area contributed by atoms with E-state index in [0.29, 0.717) is 11.5 Å². The summed E-state index contributed by atoms with van der Waals surface area (Å²) in [5.74, 6) is 0.312. The molecule has 0 radical (unpaired) electrons. The summed E-state index contributed by atoms with van der Waals surface area (Å²) >= 11 is 1.59. The molecule has 2 N–H and O–H groups in total. The van der Waals surface area contributed by atoms with Gasteiger partial charge in [0, 0.05) is 34.9 Å². The summed E-state index contributed by atoms with van der Waals surface area (Å²) in [4.78, 5) is 29.2. The Morgan fingerprint density at radius 1 is 1.36 bits per heavy atom. The van der Waals surface area contributed by atoms with E-state index in [2.05, 4.69) is 20.5 Å². The summed E-state index contributed by atoms with van der Waals surface area (Å²) in [6, 6.07) is 5.77. The number of aromatic amines is 1. The first kappa shape index (κ1) is 17.1. The standard InChI is InChI=1S/C17H19N5O2S/c1-10-9-11(2)22(17(24)18-10)7-6-14(23)19-16-15(12(3)20-21-16)13-5-4-8-25-13/h4-5,8-9H,6-7H2,1-3H3,(H2,19,20,21,23). The molecule has 0 saturated carbocycles. The molecule has 25 heavy (non-hydrogen) atoms. The van der Waals surface area contributed by atoms with E-state index in [1.807, 2.05) is 37.4 Å². The second-order valence-electron chi connectivity index (χ2n) is 5.82. The molecule has 0 aliphatic carbocycles. The molecule has 7 nitrogen and oxygen atoms in total. The third-order valence-electron chi connectivity index (χ3n) is 3.88. The number of nitrogens with one attached hydrogen (secondary N) is 2. The molecule has 0 unspecified atom stereocenters. The van der Waals surface area contributed by atoms with Gasteiger partial charge in [-0.05, 0) is 38.3 Å². The molecule has 8 heteroatoms. The van der Waals surface area contributed by atoms with Crippen LogP contribution in [0, 0.1) is 20.8 Å². The average Bonchev–Trinajstić information content (AvgIpc) is 3.16. The second-order valence-corrected chi connectivity index (χ2v) is 6.77. The molecule has 0 saturated heterocycles. The molecule has 3 heterocycles. The van der Waals surface area contributed by atoms with Crippen LogP contribution in [0.5, 0.6) is 0 Å². The number of H-pyrrole nitrogens is 1. The normalized spacial score (nSPS) is 10.8. The Labute approximate surface area is 148 Å². The first-order valence-electron chi connectivity index (χ1n) is 7.89. The summed E-state index contributed by atoms with van der Waals surface area (Å²) < 4.78 is 1.50. The van der Waals surface area contributed by atoms with Crippen molar-refractivity contribution in [2.75, 3.05) is 5.32 Å². The van der Waals surface area contributed by atoms with Crippen LogP contribution in [0.15, 0.2) is 28.4 Å². The molecule has 1 amide bonds. The smallest absolute Gasteiger partial charge is 0.309 e. The van der Waals surface area contributed by atoms with Gasteiger partial charge < -0.3 is 5.32 Å². The maximum atomic E-state index is 12.3. The van der Waals surface area contributed by atoms with Crippen LogP contribution in [-0.2, 0) is 11.3 Å². The van der Waals surface area contributed by atoms with E-state index in [1.54, 1.807) is 18.3 Å². The van der Waals surface area contributed by atoms with Gasteiger partial charge in [0.15, 0.2) is 5.82 Å². The molecule has 0 aliphatic rings. The third kappa shape index (κ3) is 3.69. The van der Waals surface area contributed by atoms with E-state index in [4.69, 9.17) is 0 Å². The topological polar surface area (TPSA) is 92.7 Å². The Kier molecular flexibility index (Phi) is 4.80. The predicted molar refractivity (Wildman–Crippen MR) is 97.9 cm³/mol. The van der Waals surface area contributed by atoms with Crippen LogP contribution in [0.3, 0.4) is 0 Å². The summed E-state index contributed by atoms with van der Waals surface area (Å²) in [6.07, 6.45) is 0.168. The number of carbonyl (C=O) groups is 1. The Hall–Kier alpha value is -2.74. The number of hydrogen-bond acceptors (Lipinski definition) is 5. The number of anilines is 1. The van der Waals surface area contributed by atoms with Gasteiger partial charge in [-0.15, -0.1) is 11.3 Å². The lowest BCUT2D eigenvalue weighted by atomic mass is 10.2. The Balaban J connectivity index is 1.72. The Morgan fingerprint density at radius 3 is 2.84 bits per heavy atom. The van der Waals surface area contributed by atoms with E-state index in [1.165, 1.54) is 4.57 Å². The number of aromatic nitrogens is 4. The van der Waals surface area contributed by atoms with E-state index < -0.39 is 0 Å². The SMILES string of the molecule is Cc1cc(C)n(CCC(=O)Nc2n[nH]c(C)c2-c2cccs2)c(=O)n1. The summed E-state index contributed by atoms with van der Waals surface area (Å²) in [7, 11) is 0. The summed E-state index contributed by atoms with van der Waals surface area (Å²) in [6.45, 7) is 5.80. The van der Waals surface area contributed by atoms with Gasteiger partial charge in [-0.25, -0.2) is 4.79 Å². The zero-order chi connectivity index (χ0) is 18.0. The minimum atomic E-state index is -0.333. The molecule has 130 valence electrons.